The van der Waals surface area contributed by atoms with Gasteiger partial charge in [0.05, 0.1) is 11.6 Å². The summed E-state index contributed by atoms with van der Waals surface area (Å²) < 4.78 is 25.1. The van der Waals surface area contributed by atoms with Crippen molar-refractivity contribution in [3.8, 4) is 16.9 Å². The van der Waals surface area contributed by atoms with Crippen LogP contribution in [0, 0.1) is 11.7 Å². The van der Waals surface area contributed by atoms with Gasteiger partial charge in [-0.1, -0.05) is 13.8 Å². The molecule has 2 N–H and O–H groups in total. The number of hydrogen-bond acceptors (Lipinski definition) is 5. The summed E-state index contributed by atoms with van der Waals surface area (Å²) in [5.41, 5.74) is 0.113. The Morgan fingerprint density at radius 3 is 2.52 bits per heavy atom. The molecule has 0 bridgehead atoms. The lowest BCUT2D eigenvalue weighted by Gasteiger charge is -2.25. The Hall–Kier alpha value is -3.16. The van der Waals surface area contributed by atoms with Crippen molar-refractivity contribution in [1.29, 1.82) is 0 Å². The first-order chi connectivity index (χ1) is 14.5. The maximum Gasteiger partial charge on any atom is 0.407 e. The number of nitrogens with one attached hydrogen (secondary N) is 1. The average molecular weight is 432 g/mol. The van der Waals surface area contributed by atoms with Gasteiger partial charge in [0.25, 0.3) is 0 Å². The van der Waals surface area contributed by atoms with Crippen molar-refractivity contribution in [2.45, 2.75) is 52.7 Å². The third-order valence-corrected chi connectivity index (χ3v) is 4.20. The molecule has 0 saturated heterocycles. The summed E-state index contributed by atoms with van der Waals surface area (Å²) >= 11 is 0. The fourth-order valence-corrected chi connectivity index (χ4v) is 3.04. The number of ether oxygens (including phenoxy) is 2. The quantitative estimate of drug-likeness (QED) is 0.615. The summed E-state index contributed by atoms with van der Waals surface area (Å²) in [7, 11) is 0. The molecule has 1 heterocycles. The molecule has 7 nitrogen and oxygen atoms in total. The number of carbonyl (C=O) groups excluding carboxylic acids is 1. The molecular formula is C23H29FN2O5. The van der Waals surface area contributed by atoms with Crippen molar-refractivity contribution in [1.82, 2.24) is 10.3 Å². The predicted octanol–water partition coefficient (Wildman–Crippen LogP) is 4.90. The molecule has 2 rings (SSSR count). The lowest BCUT2D eigenvalue weighted by Crippen LogP contribution is -2.42. The fourth-order valence-electron chi connectivity index (χ4n) is 3.04. The van der Waals surface area contributed by atoms with E-state index in [9.17, 15) is 19.1 Å². The van der Waals surface area contributed by atoms with Gasteiger partial charge < -0.3 is 19.9 Å². The fraction of sp³-hybridized carbons (Fsp3) is 0.435. The molecule has 1 aromatic carbocycles. The maximum atomic E-state index is 14.0. The van der Waals surface area contributed by atoms with Gasteiger partial charge in [0.15, 0.2) is 0 Å². The minimum absolute atomic E-state index is 0.0235. The Morgan fingerprint density at radius 2 is 1.90 bits per heavy atom. The third kappa shape index (κ3) is 7.55. The van der Waals surface area contributed by atoms with Gasteiger partial charge in [0.2, 0.25) is 0 Å². The van der Waals surface area contributed by atoms with Crippen LogP contribution in [0.1, 0.15) is 51.4 Å². The second-order valence-corrected chi connectivity index (χ2v) is 8.65. The van der Waals surface area contributed by atoms with Gasteiger partial charge in [0.1, 0.15) is 23.8 Å². The molecule has 8 heteroatoms. The van der Waals surface area contributed by atoms with Crippen molar-refractivity contribution in [3.63, 3.8) is 0 Å². The molecule has 0 aliphatic rings. The first-order valence-corrected chi connectivity index (χ1v) is 10.1. The number of pyridine rings is 1. The highest BCUT2D eigenvalue weighted by Crippen LogP contribution is 2.33. The Bertz CT molecular complexity index is 924. The molecule has 1 amide bonds. The Kier molecular flexibility index (Phi) is 7.96. The molecule has 0 aliphatic carbocycles. The van der Waals surface area contributed by atoms with E-state index in [0.717, 1.165) is 0 Å². The number of carbonyl (C=O) groups is 2. The highest BCUT2D eigenvalue weighted by molar-refractivity contribution is 5.96. The van der Waals surface area contributed by atoms with Gasteiger partial charge in [-0.2, -0.15) is 0 Å². The zero-order chi connectivity index (χ0) is 23.2. The number of benzene rings is 1. The van der Waals surface area contributed by atoms with Crippen LogP contribution < -0.4 is 10.1 Å². The Labute approximate surface area is 181 Å². The van der Waals surface area contributed by atoms with Gasteiger partial charge in [-0.05, 0) is 51.3 Å². The summed E-state index contributed by atoms with van der Waals surface area (Å²) in [6.07, 6.45) is 2.74. The minimum Gasteiger partial charge on any atom is -0.491 e. The second-order valence-electron chi connectivity index (χ2n) is 8.65. The molecule has 0 radical (unpaired) electrons. The highest BCUT2D eigenvalue weighted by Gasteiger charge is 2.22. The number of hydrogen-bond donors (Lipinski definition) is 2. The zero-order valence-corrected chi connectivity index (χ0v) is 18.4. The topological polar surface area (TPSA) is 97.8 Å². The summed E-state index contributed by atoms with van der Waals surface area (Å²) in [6, 6.07) is 5.04. The van der Waals surface area contributed by atoms with Crippen molar-refractivity contribution >= 4 is 12.1 Å². The smallest absolute Gasteiger partial charge is 0.407 e. The van der Waals surface area contributed by atoms with Gasteiger partial charge >= 0.3 is 12.1 Å². The summed E-state index contributed by atoms with van der Waals surface area (Å²) in [4.78, 5) is 27.6. The molecule has 0 fully saturated rings. The van der Waals surface area contributed by atoms with Crippen LogP contribution in [0.3, 0.4) is 0 Å². The highest BCUT2D eigenvalue weighted by atomic mass is 19.1. The van der Waals surface area contributed by atoms with Crippen LogP contribution in [-0.2, 0) is 4.74 Å². The van der Waals surface area contributed by atoms with Crippen molar-refractivity contribution in [2.24, 2.45) is 5.92 Å². The van der Waals surface area contributed by atoms with E-state index in [2.05, 4.69) is 10.3 Å². The monoisotopic (exact) mass is 432 g/mol. The Balaban J connectivity index is 2.27. The van der Waals surface area contributed by atoms with Gasteiger partial charge in [-0.15, -0.1) is 0 Å². The normalized spacial score (nSPS) is 12.4. The molecule has 0 saturated carbocycles. The maximum absolute atomic E-state index is 14.0. The minimum atomic E-state index is -1.15. The van der Waals surface area contributed by atoms with E-state index < -0.39 is 23.5 Å². The average Bonchev–Trinajstić information content (AvgIpc) is 2.64. The standard InChI is InChI=1S/C23H29FN2O5/c1-14(2)10-16(26-22(29)31-23(3,4)5)13-30-20-11-15(24)6-7-18(20)17-8-9-25-12-19(17)21(27)28/h6-9,11-12,14,16H,10,13H2,1-5H3,(H,26,29)(H,27,28). The number of halogens is 1. The molecule has 2 aromatic rings. The molecule has 1 aromatic heterocycles. The molecule has 31 heavy (non-hydrogen) atoms. The third-order valence-electron chi connectivity index (χ3n) is 4.20. The van der Waals surface area contributed by atoms with E-state index in [0.29, 0.717) is 17.5 Å². The lowest BCUT2D eigenvalue weighted by molar-refractivity contribution is 0.0479. The molecule has 0 aliphatic heterocycles. The molecule has 1 atom stereocenters. The summed E-state index contributed by atoms with van der Waals surface area (Å²) in [6.45, 7) is 9.39. The van der Waals surface area contributed by atoms with Crippen molar-refractivity contribution < 1.29 is 28.6 Å². The number of nitrogens with zero attached hydrogens (tertiary/aromatic N) is 1. The number of carboxylic acid groups (broad SMARTS) is 1. The van der Waals surface area contributed by atoms with Gasteiger partial charge in [-0.3, -0.25) is 4.98 Å². The number of rotatable bonds is 8. The zero-order valence-electron chi connectivity index (χ0n) is 18.4. The molecule has 168 valence electrons. The van der Waals surface area contributed by atoms with E-state index in [4.69, 9.17) is 9.47 Å². The molecule has 0 spiro atoms. The van der Waals surface area contributed by atoms with Crippen LogP contribution in [0.4, 0.5) is 9.18 Å². The van der Waals surface area contributed by atoms with Crippen LogP contribution in [0.5, 0.6) is 5.75 Å². The number of alkyl carbamates (subject to hydrolysis) is 1. The summed E-state index contributed by atoms with van der Waals surface area (Å²) in [5.74, 6) is -1.24. The van der Waals surface area contributed by atoms with E-state index in [1.807, 2.05) is 13.8 Å². The number of amides is 1. The van der Waals surface area contributed by atoms with Gasteiger partial charge in [0, 0.05) is 29.6 Å². The van der Waals surface area contributed by atoms with E-state index in [1.165, 1.54) is 36.7 Å². The van der Waals surface area contributed by atoms with Crippen molar-refractivity contribution in [3.05, 3.63) is 48.0 Å². The predicted molar refractivity (Wildman–Crippen MR) is 115 cm³/mol. The molecular weight excluding hydrogens is 403 g/mol. The van der Waals surface area contributed by atoms with Crippen LogP contribution in [0.2, 0.25) is 0 Å². The number of aromatic carboxylic acids is 1. The lowest BCUT2D eigenvalue weighted by atomic mass is 10.0. The van der Waals surface area contributed by atoms with Crippen LogP contribution >= 0.6 is 0 Å². The van der Waals surface area contributed by atoms with Crippen LogP contribution in [0.15, 0.2) is 36.7 Å². The molecule has 1 unspecified atom stereocenters. The second kappa shape index (κ2) is 10.2. The summed E-state index contributed by atoms with van der Waals surface area (Å²) in [5, 5.41) is 12.3. The van der Waals surface area contributed by atoms with Crippen molar-refractivity contribution in [2.75, 3.05) is 6.61 Å². The van der Waals surface area contributed by atoms with E-state index in [1.54, 1.807) is 20.8 Å². The first kappa shape index (κ1) is 24.1. The van der Waals surface area contributed by atoms with E-state index >= 15 is 0 Å². The van der Waals surface area contributed by atoms with Crippen LogP contribution in [0.25, 0.3) is 11.1 Å². The van der Waals surface area contributed by atoms with Gasteiger partial charge in [-0.25, -0.2) is 14.0 Å². The Morgan fingerprint density at radius 1 is 1.19 bits per heavy atom. The number of carboxylic acids is 1. The van der Waals surface area contributed by atoms with E-state index in [-0.39, 0.29) is 29.9 Å². The van der Waals surface area contributed by atoms with Crippen LogP contribution in [-0.4, -0.2) is 40.4 Å². The largest absolute Gasteiger partial charge is 0.491 e. The number of aromatic nitrogens is 1. The SMILES string of the molecule is CC(C)CC(COc1cc(F)ccc1-c1ccncc1C(=O)O)NC(=O)OC(C)(C)C. The first-order valence-electron chi connectivity index (χ1n) is 10.1.